The van der Waals surface area contributed by atoms with Gasteiger partial charge in [0.2, 0.25) is 6.54 Å². The van der Waals surface area contributed by atoms with Crippen molar-refractivity contribution in [2.45, 2.75) is 12.5 Å². The highest BCUT2D eigenvalue weighted by molar-refractivity contribution is 5.53. The van der Waals surface area contributed by atoms with E-state index in [1.54, 1.807) is 7.11 Å². The second kappa shape index (κ2) is 6.05. The molecule has 0 aliphatic carbocycles. The Bertz CT molecular complexity index is 670. The van der Waals surface area contributed by atoms with Crippen LogP contribution in [0.5, 0.6) is 5.75 Å². The van der Waals surface area contributed by atoms with Gasteiger partial charge < -0.3 is 9.64 Å². The van der Waals surface area contributed by atoms with E-state index < -0.39 is 0 Å². The molecular weight excluding hydrogens is 280 g/mol. The quantitative estimate of drug-likeness (QED) is 0.643. The number of methoxy groups -OCH3 is 1. The van der Waals surface area contributed by atoms with E-state index in [2.05, 4.69) is 11.0 Å². The van der Waals surface area contributed by atoms with Crippen molar-refractivity contribution in [3.63, 3.8) is 0 Å². The Morgan fingerprint density at radius 3 is 2.64 bits per heavy atom. The molecule has 1 heterocycles. The predicted octanol–water partition coefficient (Wildman–Crippen LogP) is 3.08. The fraction of sp³-hybridized carbons (Fsp3) is 0.294. The molecule has 5 nitrogen and oxygen atoms in total. The maximum absolute atomic E-state index is 11.1. The van der Waals surface area contributed by atoms with Gasteiger partial charge in [0.1, 0.15) is 11.8 Å². The van der Waals surface area contributed by atoms with E-state index >= 15 is 0 Å². The van der Waals surface area contributed by atoms with Crippen LogP contribution in [-0.4, -0.2) is 25.1 Å². The minimum Gasteiger partial charge on any atom is -0.497 e. The first-order valence-electron chi connectivity index (χ1n) is 7.29. The largest absolute Gasteiger partial charge is 0.497 e. The lowest BCUT2D eigenvalue weighted by Crippen LogP contribution is -2.39. The summed E-state index contributed by atoms with van der Waals surface area (Å²) in [6.45, 7) is 0.685. The van der Waals surface area contributed by atoms with Crippen LogP contribution in [0.4, 0.5) is 5.69 Å². The Morgan fingerprint density at radius 2 is 1.95 bits per heavy atom. The van der Waals surface area contributed by atoms with E-state index in [-0.39, 0.29) is 17.5 Å². The molecule has 1 unspecified atom stereocenters. The van der Waals surface area contributed by atoms with Gasteiger partial charge in [-0.1, -0.05) is 24.3 Å². The van der Waals surface area contributed by atoms with E-state index in [0.29, 0.717) is 0 Å². The SMILES string of the molecule is COc1ccc(N2CCc3ccccc3C2C[N+](=O)[O-])cc1. The molecule has 0 amide bonds. The molecule has 3 rings (SSSR count). The third-order valence-electron chi connectivity index (χ3n) is 4.14. The van der Waals surface area contributed by atoms with E-state index in [1.165, 1.54) is 5.56 Å². The second-order valence-corrected chi connectivity index (χ2v) is 5.37. The molecule has 1 atom stereocenters. The van der Waals surface area contributed by atoms with Crippen molar-refractivity contribution < 1.29 is 9.66 Å². The Kier molecular flexibility index (Phi) is 3.96. The van der Waals surface area contributed by atoms with Crippen LogP contribution < -0.4 is 9.64 Å². The monoisotopic (exact) mass is 298 g/mol. The molecule has 0 saturated heterocycles. The average molecular weight is 298 g/mol. The number of hydrogen-bond donors (Lipinski definition) is 0. The van der Waals surface area contributed by atoms with Crippen LogP contribution in [0.3, 0.4) is 0 Å². The molecule has 0 N–H and O–H groups in total. The third kappa shape index (κ3) is 2.74. The summed E-state index contributed by atoms with van der Waals surface area (Å²) in [6, 6.07) is 15.5. The van der Waals surface area contributed by atoms with Crippen LogP contribution >= 0.6 is 0 Å². The summed E-state index contributed by atoms with van der Waals surface area (Å²) in [5, 5.41) is 11.1. The highest BCUT2D eigenvalue weighted by Crippen LogP contribution is 2.34. The summed E-state index contributed by atoms with van der Waals surface area (Å²) in [4.78, 5) is 13.0. The Morgan fingerprint density at radius 1 is 1.23 bits per heavy atom. The molecule has 2 aromatic rings. The van der Waals surface area contributed by atoms with Gasteiger partial charge in [0, 0.05) is 17.2 Å². The van der Waals surface area contributed by atoms with Crippen LogP contribution in [-0.2, 0) is 6.42 Å². The minimum atomic E-state index is -0.233. The maximum Gasteiger partial charge on any atom is 0.228 e. The van der Waals surface area contributed by atoms with Crippen molar-refractivity contribution in [1.29, 1.82) is 0 Å². The van der Waals surface area contributed by atoms with Crippen LogP contribution in [0.2, 0.25) is 0 Å². The first-order chi connectivity index (χ1) is 10.7. The zero-order valence-corrected chi connectivity index (χ0v) is 12.4. The van der Waals surface area contributed by atoms with Crippen LogP contribution in [0.1, 0.15) is 17.2 Å². The van der Waals surface area contributed by atoms with Gasteiger partial charge in [0.05, 0.1) is 7.11 Å². The summed E-state index contributed by atoms with van der Waals surface area (Å²) in [6.07, 6.45) is 0.899. The number of nitrogens with zero attached hydrogens (tertiary/aromatic N) is 2. The van der Waals surface area contributed by atoms with Crippen molar-refractivity contribution in [2.75, 3.05) is 25.1 Å². The number of ether oxygens (including phenoxy) is 1. The van der Waals surface area contributed by atoms with Crippen molar-refractivity contribution in [2.24, 2.45) is 0 Å². The van der Waals surface area contributed by atoms with Crippen molar-refractivity contribution in [1.82, 2.24) is 0 Å². The van der Waals surface area contributed by atoms with Gasteiger partial charge in [-0.2, -0.15) is 0 Å². The number of rotatable bonds is 4. The van der Waals surface area contributed by atoms with E-state index in [9.17, 15) is 10.1 Å². The van der Waals surface area contributed by atoms with Gasteiger partial charge in [-0.3, -0.25) is 10.1 Å². The molecule has 1 aliphatic rings. The lowest BCUT2D eigenvalue weighted by atomic mass is 9.92. The highest BCUT2D eigenvalue weighted by atomic mass is 16.6. The molecular formula is C17H18N2O3. The van der Waals surface area contributed by atoms with E-state index in [0.717, 1.165) is 30.0 Å². The number of anilines is 1. The summed E-state index contributed by atoms with van der Waals surface area (Å²) in [5.41, 5.74) is 3.25. The zero-order valence-electron chi connectivity index (χ0n) is 12.4. The molecule has 22 heavy (non-hydrogen) atoms. The molecule has 0 fully saturated rings. The molecule has 0 radical (unpaired) electrons. The molecule has 0 bridgehead atoms. The first-order valence-corrected chi connectivity index (χ1v) is 7.29. The Balaban J connectivity index is 1.97. The minimum absolute atomic E-state index is 0.0942. The molecule has 0 spiro atoms. The standard InChI is InChI=1S/C17H18N2O3/c1-22-15-8-6-14(7-9-15)18-11-10-13-4-2-3-5-16(13)17(18)12-19(20)21/h2-9,17H,10-12H2,1H3. The fourth-order valence-electron chi connectivity index (χ4n) is 3.07. The van der Waals surface area contributed by atoms with Gasteiger partial charge >= 0.3 is 0 Å². The highest BCUT2D eigenvalue weighted by Gasteiger charge is 2.31. The summed E-state index contributed by atoms with van der Waals surface area (Å²) >= 11 is 0. The van der Waals surface area contributed by atoms with E-state index in [1.807, 2.05) is 42.5 Å². The van der Waals surface area contributed by atoms with Gasteiger partial charge in [0.25, 0.3) is 0 Å². The van der Waals surface area contributed by atoms with Crippen LogP contribution in [0.25, 0.3) is 0 Å². The number of hydrogen-bond acceptors (Lipinski definition) is 4. The molecule has 2 aromatic carbocycles. The average Bonchev–Trinajstić information content (AvgIpc) is 2.55. The fourth-order valence-corrected chi connectivity index (χ4v) is 3.07. The summed E-state index contributed by atoms with van der Waals surface area (Å²) < 4.78 is 5.18. The summed E-state index contributed by atoms with van der Waals surface area (Å²) in [7, 11) is 1.63. The second-order valence-electron chi connectivity index (χ2n) is 5.37. The Labute approximate surface area is 129 Å². The number of benzene rings is 2. The molecule has 0 aromatic heterocycles. The van der Waals surface area contributed by atoms with Crippen molar-refractivity contribution >= 4 is 5.69 Å². The summed E-state index contributed by atoms with van der Waals surface area (Å²) in [5.74, 6) is 0.784. The van der Waals surface area contributed by atoms with Crippen LogP contribution in [0.15, 0.2) is 48.5 Å². The molecule has 0 saturated carbocycles. The lowest BCUT2D eigenvalue weighted by Gasteiger charge is -2.37. The van der Waals surface area contributed by atoms with Crippen LogP contribution in [0, 0.1) is 10.1 Å². The van der Waals surface area contributed by atoms with E-state index in [4.69, 9.17) is 4.74 Å². The molecule has 114 valence electrons. The zero-order chi connectivity index (χ0) is 15.5. The van der Waals surface area contributed by atoms with Crippen molar-refractivity contribution in [3.05, 3.63) is 69.8 Å². The number of nitro groups is 1. The third-order valence-corrected chi connectivity index (χ3v) is 4.14. The van der Waals surface area contributed by atoms with Gasteiger partial charge in [-0.15, -0.1) is 0 Å². The smallest absolute Gasteiger partial charge is 0.228 e. The molecule has 5 heteroatoms. The lowest BCUT2D eigenvalue weighted by molar-refractivity contribution is -0.483. The maximum atomic E-state index is 11.1. The van der Waals surface area contributed by atoms with Gasteiger partial charge in [0.15, 0.2) is 0 Å². The molecule has 1 aliphatic heterocycles. The normalized spacial score (nSPS) is 17.0. The van der Waals surface area contributed by atoms with Gasteiger partial charge in [-0.05, 0) is 41.8 Å². The van der Waals surface area contributed by atoms with Crippen molar-refractivity contribution in [3.8, 4) is 5.75 Å². The first kappa shape index (κ1) is 14.4. The topological polar surface area (TPSA) is 55.6 Å². The van der Waals surface area contributed by atoms with Gasteiger partial charge in [-0.25, -0.2) is 0 Å². The number of fused-ring (bicyclic) bond motifs is 1. The Hall–Kier alpha value is -2.56. The predicted molar refractivity (Wildman–Crippen MR) is 85.1 cm³/mol.